The highest BCUT2D eigenvalue weighted by atomic mass is 127. The predicted molar refractivity (Wildman–Crippen MR) is 293 cm³/mol. The van der Waals surface area contributed by atoms with Crippen LogP contribution in [0.5, 0.6) is 0 Å². The minimum absolute atomic E-state index is 0.0500. The molecule has 89 heavy (non-hydrogen) atoms. The normalized spacial score (nSPS) is 23.9. The largest absolute Gasteiger partial charge is 0.460 e. The molecule has 4 atom stereocenters. The highest BCUT2D eigenvalue weighted by molar-refractivity contribution is 14.1. The van der Waals surface area contributed by atoms with Gasteiger partial charge in [-0.1, -0.05) is 0 Å². The standard InChI is InChI=1S/C48H57F17I3N5O15S/c1-37(2)81-17-23(85-37)13-71(14-24-18-82-38(3,4)86-24)35(76)29-31(66)30(36(77)72(15-25-19-83-39(5,6)87-25)16-26-20-84-40(7,8)88-26)33(68)34(32(29)67)69-27(74)21-80-22-28(75)70-9-11-73(12-10-70)89(78,79)48(64,65)46(59,60)44(55,56)42(51,52)41(49,50)43(53,54)45(57,58)47(61,62)63/h23-26H,9-22H2,1-8H3,(H,69,74). The monoisotopic (exact) mass is 1680 g/mol. The lowest BCUT2D eigenvalue weighted by Crippen LogP contribution is -2.75. The second-order valence-electron chi connectivity index (χ2n) is 22.6. The molecule has 5 aliphatic heterocycles. The zero-order valence-corrected chi connectivity index (χ0v) is 54.9. The summed E-state index contributed by atoms with van der Waals surface area (Å²) in [5, 5.41) is -5.22. The van der Waals surface area contributed by atoms with Gasteiger partial charge < -0.3 is 62.6 Å². The van der Waals surface area contributed by atoms with E-state index in [-0.39, 0.29) is 80.1 Å². The van der Waals surface area contributed by atoms with Crippen molar-refractivity contribution in [1.82, 2.24) is 19.0 Å². The molecule has 41 heteroatoms. The topological polar surface area (TPSA) is 210 Å². The molecule has 5 heterocycles. The van der Waals surface area contributed by atoms with Crippen molar-refractivity contribution in [3.05, 3.63) is 21.8 Å². The van der Waals surface area contributed by atoms with Crippen molar-refractivity contribution in [2.45, 2.75) is 150 Å². The molecule has 0 aliphatic carbocycles. The Bertz CT molecular complexity index is 2810. The molecule has 1 N–H and O–H groups in total. The summed E-state index contributed by atoms with van der Waals surface area (Å²) in [6.45, 7) is 5.21. The fourth-order valence-electron chi connectivity index (χ4n) is 9.49. The van der Waals surface area contributed by atoms with E-state index in [1.54, 1.807) is 101 Å². The van der Waals surface area contributed by atoms with Gasteiger partial charge in [0, 0.05) is 55.9 Å². The van der Waals surface area contributed by atoms with E-state index < -0.39 is 172 Å². The first kappa shape index (κ1) is 75.7. The quantitative estimate of drug-likeness (QED) is 0.0806. The molecule has 5 fully saturated rings. The van der Waals surface area contributed by atoms with Gasteiger partial charge in [-0.05, 0) is 123 Å². The van der Waals surface area contributed by atoms with Crippen LogP contribution in [0.15, 0.2) is 0 Å². The zero-order valence-electron chi connectivity index (χ0n) is 47.6. The number of rotatable bonds is 23. The van der Waals surface area contributed by atoms with Crippen molar-refractivity contribution in [2.24, 2.45) is 0 Å². The minimum Gasteiger partial charge on any atom is -0.362 e. The summed E-state index contributed by atoms with van der Waals surface area (Å²) in [6, 6.07) is 0. The van der Waals surface area contributed by atoms with Gasteiger partial charge >= 0.3 is 47.0 Å². The van der Waals surface area contributed by atoms with E-state index in [1.807, 2.05) is 22.6 Å². The number of hydrogen-bond donors (Lipinski definition) is 1. The number of piperazine rings is 1. The van der Waals surface area contributed by atoms with Gasteiger partial charge in [0.2, 0.25) is 11.8 Å². The maximum absolute atomic E-state index is 15.3. The van der Waals surface area contributed by atoms with Gasteiger partial charge in [0.05, 0.1) is 50.4 Å². The number of anilines is 1. The van der Waals surface area contributed by atoms with Crippen molar-refractivity contribution in [3.8, 4) is 0 Å². The van der Waals surface area contributed by atoms with Crippen LogP contribution in [0.25, 0.3) is 0 Å². The van der Waals surface area contributed by atoms with E-state index in [0.717, 1.165) is 0 Å². The molecule has 1 aromatic carbocycles. The second-order valence-corrected chi connectivity index (χ2v) is 27.8. The molecular weight excluding hydrogens is 1620 g/mol. The number of nitrogens with zero attached hydrogens (tertiary/aromatic N) is 4. The van der Waals surface area contributed by atoms with Gasteiger partial charge in [-0.3, -0.25) is 19.2 Å². The first-order valence-electron chi connectivity index (χ1n) is 26.0. The molecule has 0 radical (unpaired) electrons. The lowest BCUT2D eigenvalue weighted by Gasteiger charge is -2.43. The molecule has 5 aliphatic rings. The van der Waals surface area contributed by atoms with Crippen molar-refractivity contribution in [3.63, 3.8) is 0 Å². The maximum Gasteiger partial charge on any atom is 0.460 e. The molecule has 510 valence electrons. The average Bonchev–Trinajstić information content (AvgIpc) is 1.38. The Balaban J connectivity index is 1.23. The van der Waals surface area contributed by atoms with Crippen LogP contribution in [0, 0.1) is 10.7 Å². The minimum atomic E-state index is -9.01. The van der Waals surface area contributed by atoms with Crippen molar-refractivity contribution in [2.75, 3.05) is 97.3 Å². The Morgan fingerprint density at radius 1 is 0.506 bits per heavy atom. The van der Waals surface area contributed by atoms with Gasteiger partial charge in [-0.2, -0.15) is 78.9 Å². The van der Waals surface area contributed by atoms with Gasteiger partial charge in [0.15, 0.2) is 23.1 Å². The third kappa shape index (κ3) is 15.0. The molecule has 0 spiro atoms. The summed E-state index contributed by atoms with van der Waals surface area (Å²) in [4.78, 5) is 61.0. The van der Waals surface area contributed by atoms with Crippen LogP contribution in [-0.2, 0) is 62.2 Å². The van der Waals surface area contributed by atoms with Crippen molar-refractivity contribution < 1.29 is 145 Å². The van der Waals surface area contributed by atoms with Crippen LogP contribution in [0.1, 0.15) is 76.1 Å². The van der Waals surface area contributed by atoms with Gasteiger partial charge in [-0.15, -0.1) is 0 Å². The zero-order chi connectivity index (χ0) is 67.9. The Morgan fingerprint density at radius 2 is 0.820 bits per heavy atom. The molecule has 0 bridgehead atoms. The van der Waals surface area contributed by atoms with Crippen LogP contribution in [0.3, 0.4) is 0 Å². The SMILES string of the molecule is CC1(C)OCC(CN(CC2COC(C)(C)O2)C(=O)c2c(I)c(NC(=O)COCC(=O)N3CCN(S(=O)(=O)C(F)(F)C(F)(F)C(F)(F)C(F)(F)C(F)(F)C(F)(F)C(F)(F)C(F)(F)F)CC3)c(I)c(C(=O)N(CC3COC(C)(C)O3)CC3COC(C)(C)O3)c2I)O1. The molecule has 6 rings (SSSR count). The van der Waals surface area contributed by atoms with Crippen LogP contribution >= 0.6 is 67.8 Å². The summed E-state index contributed by atoms with van der Waals surface area (Å²) in [7, 11) is -7.62. The molecular formula is C48H57F17I3N5O15S. The Kier molecular flexibility index (Phi) is 22.1. The number of benzene rings is 1. The number of hydrogen-bond acceptors (Lipinski definition) is 15. The summed E-state index contributed by atoms with van der Waals surface area (Å²) >= 11 is 5.36. The van der Waals surface area contributed by atoms with Gasteiger partial charge in [0.25, 0.3) is 21.8 Å². The Morgan fingerprint density at radius 3 is 1.12 bits per heavy atom. The highest BCUT2D eigenvalue weighted by Crippen LogP contribution is 2.64. The van der Waals surface area contributed by atoms with Crippen LogP contribution in [0.2, 0.25) is 0 Å². The molecule has 4 unspecified atom stereocenters. The van der Waals surface area contributed by atoms with Crippen molar-refractivity contribution in [1.29, 1.82) is 0 Å². The van der Waals surface area contributed by atoms with Crippen LogP contribution in [-0.4, -0.2) is 238 Å². The molecule has 1 aromatic rings. The molecule has 0 saturated carbocycles. The molecule has 5 saturated heterocycles. The third-order valence-electron chi connectivity index (χ3n) is 14.0. The number of halogens is 20. The Hall–Kier alpha value is -2.35. The fraction of sp³-hybridized carbons (Fsp3) is 0.792. The van der Waals surface area contributed by atoms with Gasteiger partial charge in [0.1, 0.15) is 37.6 Å². The maximum atomic E-state index is 15.3. The summed E-state index contributed by atoms with van der Waals surface area (Å²) in [5.74, 6) is -60.5. The van der Waals surface area contributed by atoms with Crippen LogP contribution in [0.4, 0.5) is 80.3 Å². The summed E-state index contributed by atoms with van der Waals surface area (Å²) in [6.07, 6.45) is -10.8. The number of nitrogens with one attached hydrogen (secondary N) is 1. The van der Waals surface area contributed by atoms with E-state index in [4.69, 9.17) is 42.6 Å². The number of amides is 4. The van der Waals surface area contributed by atoms with E-state index in [9.17, 15) is 83.9 Å². The predicted octanol–water partition coefficient (Wildman–Crippen LogP) is 8.39. The van der Waals surface area contributed by atoms with Gasteiger partial charge in [-0.25, -0.2) is 8.42 Å². The lowest BCUT2D eigenvalue weighted by atomic mass is 9.91. The fourth-order valence-corrected chi connectivity index (χ4v) is 15.3. The number of carbonyl (C=O) groups is 4. The number of alkyl halides is 17. The first-order valence-corrected chi connectivity index (χ1v) is 30.7. The van der Waals surface area contributed by atoms with Crippen LogP contribution < -0.4 is 5.32 Å². The summed E-state index contributed by atoms with van der Waals surface area (Å²) < 4.78 is 314. The molecule has 0 aromatic heterocycles. The van der Waals surface area contributed by atoms with E-state index in [1.165, 1.54) is 9.80 Å². The Labute approximate surface area is 536 Å². The molecule has 4 amide bonds. The number of ether oxygens (including phenoxy) is 9. The average molecular weight is 1680 g/mol. The third-order valence-corrected chi connectivity index (χ3v) is 19.1. The number of carbonyl (C=O) groups excluding carboxylic acids is 4. The summed E-state index contributed by atoms with van der Waals surface area (Å²) in [5.41, 5.74) is -0.387. The number of sulfonamides is 1. The smallest absolute Gasteiger partial charge is 0.362 e. The van der Waals surface area contributed by atoms with Crippen molar-refractivity contribution >= 4 is 107 Å². The van der Waals surface area contributed by atoms with E-state index in [0.29, 0.717) is 4.90 Å². The van der Waals surface area contributed by atoms with E-state index in [2.05, 4.69) is 5.32 Å². The lowest BCUT2D eigenvalue weighted by molar-refractivity contribution is -0.458. The molecule has 20 nitrogen and oxygen atoms in total. The second kappa shape index (κ2) is 26.0. The van der Waals surface area contributed by atoms with E-state index >= 15 is 18.4 Å². The first-order chi connectivity index (χ1) is 40.1. The highest BCUT2D eigenvalue weighted by Gasteiger charge is 2.96.